The zero-order valence-electron chi connectivity index (χ0n) is 30.3. The SMILES string of the molecule is CCCCC/C=C\CCCCCCCCOCC(COC1OC(CO)C(O)C(OS(=O)(=O)O)C1O)OC(=O)CCCCCCCCCCC. The van der Waals surface area contributed by atoms with E-state index < -0.39 is 59.8 Å². The van der Waals surface area contributed by atoms with Gasteiger partial charge in [0.15, 0.2) is 6.29 Å². The van der Waals surface area contributed by atoms with E-state index in [0.29, 0.717) is 13.0 Å². The summed E-state index contributed by atoms with van der Waals surface area (Å²) in [5.74, 6) is -0.405. The first-order valence-corrected chi connectivity index (χ1v) is 20.3. The monoisotopic (exact) mass is 724 g/mol. The first-order valence-electron chi connectivity index (χ1n) is 18.9. The summed E-state index contributed by atoms with van der Waals surface area (Å²) in [6.45, 7) is 3.91. The zero-order chi connectivity index (χ0) is 36.2. The Bertz CT molecular complexity index is 931. The highest BCUT2D eigenvalue weighted by atomic mass is 32.3. The number of hydrogen-bond donors (Lipinski definition) is 4. The highest BCUT2D eigenvalue weighted by Gasteiger charge is 2.48. The quantitative estimate of drug-likeness (QED) is 0.0262. The van der Waals surface area contributed by atoms with Crippen LogP contribution < -0.4 is 0 Å². The van der Waals surface area contributed by atoms with Crippen molar-refractivity contribution in [2.75, 3.05) is 26.4 Å². The molecule has 6 atom stereocenters. The molecule has 0 aliphatic carbocycles. The van der Waals surface area contributed by atoms with Gasteiger partial charge in [0, 0.05) is 13.0 Å². The fraction of sp³-hybridized carbons (Fsp3) is 0.917. The van der Waals surface area contributed by atoms with Crippen molar-refractivity contribution < 1.29 is 56.2 Å². The molecule has 0 bridgehead atoms. The third kappa shape index (κ3) is 23.8. The zero-order valence-corrected chi connectivity index (χ0v) is 31.1. The highest BCUT2D eigenvalue weighted by molar-refractivity contribution is 7.80. The van der Waals surface area contributed by atoms with Crippen molar-refractivity contribution >= 4 is 16.4 Å². The smallest absolute Gasteiger partial charge is 0.397 e. The number of esters is 1. The molecule has 1 heterocycles. The molecule has 0 aromatic carbocycles. The van der Waals surface area contributed by atoms with E-state index in [1.54, 1.807) is 0 Å². The van der Waals surface area contributed by atoms with Gasteiger partial charge in [-0.3, -0.25) is 9.35 Å². The van der Waals surface area contributed by atoms with Crippen LogP contribution in [0.1, 0.15) is 149 Å². The first kappa shape index (κ1) is 45.9. The van der Waals surface area contributed by atoms with Crippen LogP contribution >= 0.6 is 0 Å². The average Bonchev–Trinajstić information content (AvgIpc) is 3.06. The van der Waals surface area contributed by atoms with E-state index in [4.69, 9.17) is 23.5 Å². The molecule has 12 nitrogen and oxygen atoms in total. The Hall–Kier alpha value is -1.16. The molecule has 0 aromatic rings. The minimum atomic E-state index is -5.05. The molecular weight excluding hydrogens is 656 g/mol. The summed E-state index contributed by atoms with van der Waals surface area (Å²) in [7, 11) is -5.05. The van der Waals surface area contributed by atoms with Gasteiger partial charge in [-0.1, -0.05) is 116 Å². The number of ether oxygens (including phenoxy) is 4. The van der Waals surface area contributed by atoms with Gasteiger partial charge in [0.05, 0.1) is 19.8 Å². The summed E-state index contributed by atoms with van der Waals surface area (Å²) >= 11 is 0. The molecule has 1 aliphatic heterocycles. The predicted molar refractivity (Wildman–Crippen MR) is 188 cm³/mol. The molecule has 6 unspecified atom stereocenters. The third-order valence-electron chi connectivity index (χ3n) is 8.64. The molecule has 49 heavy (non-hydrogen) atoms. The van der Waals surface area contributed by atoms with Crippen LogP contribution in [-0.4, -0.2) is 97.5 Å². The molecule has 0 saturated carbocycles. The topological polar surface area (TPSA) is 178 Å². The van der Waals surface area contributed by atoms with Crippen LogP contribution in [0.5, 0.6) is 0 Å². The minimum absolute atomic E-state index is 0.0356. The van der Waals surface area contributed by atoms with E-state index in [0.717, 1.165) is 44.9 Å². The van der Waals surface area contributed by atoms with Crippen molar-refractivity contribution in [2.24, 2.45) is 0 Å². The van der Waals surface area contributed by atoms with Crippen LogP contribution in [0.25, 0.3) is 0 Å². The van der Waals surface area contributed by atoms with Crippen molar-refractivity contribution in [2.45, 2.75) is 185 Å². The Labute approximate surface area is 296 Å². The average molecular weight is 725 g/mol. The molecule has 4 N–H and O–H groups in total. The number of rotatable bonds is 32. The summed E-state index contributed by atoms with van der Waals surface area (Å²) in [6.07, 6.45) is 18.3. The van der Waals surface area contributed by atoms with Crippen LogP contribution in [0.15, 0.2) is 12.2 Å². The number of carbonyl (C=O) groups excluding carboxylic acids is 1. The number of unbranched alkanes of at least 4 members (excludes halogenated alkanes) is 17. The Kier molecular flexibility index (Phi) is 27.5. The van der Waals surface area contributed by atoms with Crippen molar-refractivity contribution in [1.29, 1.82) is 0 Å². The van der Waals surface area contributed by atoms with Crippen molar-refractivity contribution in [3.05, 3.63) is 12.2 Å². The van der Waals surface area contributed by atoms with Gasteiger partial charge in [0.1, 0.15) is 30.5 Å². The van der Waals surface area contributed by atoms with E-state index in [1.165, 1.54) is 77.0 Å². The number of hydrogen-bond acceptors (Lipinski definition) is 11. The Morgan fingerprint density at radius 2 is 1.29 bits per heavy atom. The molecule has 0 amide bonds. The second kappa shape index (κ2) is 29.4. The first-order chi connectivity index (χ1) is 23.6. The number of aliphatic hydroxyl groups is 3. The maximum atomic E-state index is 12.7. The van der Waals surface area contributed by atoms with Crippen LogP contribution in [0.3, 0.4) is 0 Å². The molecule has 1 aliphatic rings. The molecular formula is C36H68O12S. The second-order valence-electron chi connectivity index (χ2n) is 13.2. The third-order valence-corrected chi connectivity index (χ3v) is 9.10. The normalized spacial score (nSPS) is 22.1. The van der Waals surface area contributed by atoms with Crippen molar-refractivity contribution in [3.63, 3.8) is 0 Å². The summed E-state index contributed by atoms with van der Waals surface area (Å²) in [5, 5.41) is 30.5. The van der Waals surface area contributed by atoms with Gasteiger partial charge in [-0.25, -0.2) is 4.18 Å². The van der Waals surface area contributed by atoms with Gasteiger partial charge in [0.25, 0.3) is 0 Å². The maximum absolute atomic E-state index is 12.7. The lowest BCUT2D eigenvalue weighted by atomic mass is 9.99. The summed E-state index contributed by atoms with van der Waals surface area (Å²) in [6, 6.07) is 0. The number of allylic oxidation sites excluding steroid dienone is 2. The Morgan fingerprint density at radius 3 is 1.88 bits per heavy atom. The lowest BCUT2D eigenvalue weighted by Crippen LogP contribution is -2.60. The van der Waals surface area contributed by atoms with Crippen molar-refractivity contribution in [3.8, 4) is 0 Å². The van der Waals surface area contributed by atoms with Gasteiger partial charge in [-0.05, 0) is 38.5 Å². The van der Waals surface area contributed by atoms with Crippen molar-refractivity contribution in [1.82, 2.24) is 0 Å². The molecule has 290 valence electrons. The summed E-state index contributed by atoms with van der Waals surface area (Å²) in [5.41, 5.74) is 0. The molecule has 0 radical (unpaired) electrons. The van der Waals surface area contributed by atoms with E-state index in [1.807, 2.05) is 0 Å². The Balaban J connectivity index is 2.52. The predicted octanol–water partition coefficient (Wildman–Crippen LogP) is 6.35. The van der Waals surface area contributed by atoms with Crippen LogP contribution in [0.2, 0.25) is 0 Å². The summed E-state index contributed by atoms with van der Waals surface area (Å²) < 4.78 is 58.6. The molecule has 1 saturated heterocycles. The fourth-order valence-electron chi connectivity index (χ4n) is 5.72. The molecule has 1 fully saturated rings. The standard InChI is InChI=1S/C36H68O12S/c1-3-5-7-9-11-13-14-15-16-18-20-22-24-26-44-28-30(46-32(38)25-23-21-19-17-12-10-8-6-4-2)29-45-36-34(40)35(48-49(41,42)43)33(39)31(27-37)47-36/h11,13,30-31,33-37,39-40H,3-10,12,14-29H2,1-2H3,(H,41,42,43)/b13-11-. The summed E-state index contributed by atoms with van der Waals surface area (Å²) in [4.78, 5) is 12.7. The molecule has 0 aromatic heterocycles. The van der Waals surface area contributed by atoms with Gasteiger partial charge < -0.3 is 34.3 Å². The van der Waals surface area contributed by atoms with Gasteiger partial charge in [0.2, 0.25) is 0 Å². The van der Waals surface area contributed by atoms with Crippen LogP contribution in [0, 0.1) is 0 Å². The van der Waals surface area contributed by atoms with E-state index in [-0.39, 0.29) is 19.6 Å². The lowest BCUT2D eigenvalue weighted by molar-refractivity contribution is -0.301. The molecule has 1 rings (SSSR count). The van der Waals surface area contributed by atoms with Crippen LogP contribution in [0.4, 0.5) is 0 Å². The van der Waals surface area contributed by atoms with E-state index in [2.05, 4.69) is 30.2 Å². The van der Waals surface area contributed by atoms with Gasteiger partial charge in [-0.15, -0.1) is 0 Å². The van der Waals surface area contributed by atoms with Gasteiger partial charge >= 0.3 is 16.4 Å². The number of aliphatic hydroxyl groups excluding tert-OH is 3. The van der Waals surface area contributed by atoms with E-state index in [9.17, 15) is 28.5 Å². The highest BCUT2D eigenvalue weighted by Crippen LogP contribution is 2.26. The van der Waals surface area contributed by atoms with Crippen LogP contribution in [-0.2, 0) is 38.3 Å². The van der Waals surface area contributed by atoms with Gasteiger partial charge in [-0.2, -0.15) is 8.42 Å². The number of carbonyl (C=O) groups is 1. The van der Waals surface area contributed by atoms with E-state index >= 15 is 0 Å². The largest absolute Gasteiger partial charge is 0.457 e. The fourth-order valence-corrected chi connectivity index (χ4v) is 6.23. The second-order valence-corrected chi connectivity index (χ2v) is 14.2. The minimum Gasteiger partial charge on any atom is -0.457 e. The maximum Gasteiger partial charge on any atom is 0.397 e. The Morgan fingerprint density at radius 1 is 0.755 bits per heavy atom. The lowest BCUT2D eigenvalue weighted by Gasteiger charge is -2.41. The molecule has 0 spiro atoms. The molecule has 13 heteroatoms.